The van der Waals surface area contributed by atoms with Crippen molar-refractivity contribution in [2.45, 2.75) is 24.5 Å². The van der Waals surface area contributed by atoms with E-state index in [9.17, 15) is 10.1 Å². The molecule has 2 bridgehead atoms. The van der Waals surface area contributed by atoms with Crippen molar-refractivity contribution in [1.82, 2.24) is 4.90 Å². The molecule has 0 unspecified atom stereocenters. The second kappa shape index (κ2) is 5.84. The Morgan fingerprint density at radius 3 is 2.71 bits per heavy atom. The van der Waals surface area contributed by atoms with Gasteiger partial charge in [0.2, 0.25) is 0 Å². The number of nitro benzene ring substituents is 1. The van der Waals surface area contributed by atoms with E-state index in [-0.39, 0.29) is 22.3 Å². The molecule has 0 radical (unpaired) electrons. The lowest BCUT2D eigenvalue weighted by molar-refractivity contribution is -0.384. The van der Waals surface area contributed by atoms with Gasteiger partial charge in [-0.1, -0.05) is 17.4 Å². The summed E-state index contributed by atoms with van der Waals surface area (Å²) in [5.41, 5.74) is 0.707. The fourth-order valence-electron chi connectivity index (χ4n) is 6.65. The Hall–Kier alpha value is -2.32. The number of anilines is 1. The minimum Gasteiger partial charge on any atom is -0.379 e. The number of fused-ring (bicyclic) bond motifs is 8. The average Bonchev–Trinajstić information content (AvgIpc) is 3.46. The van der Waals surface area contributed by atoms with Crippen molar-refractivity contribution in [3.05, 3.63) is 46.5 Å². The zero-order chi connectivity index (χ0) is 18.9. The van der Waals surface area contributed by atoms with Gasteiger partial charge in [0, 0.05) is 31.1 Å². The summed E-state index contributed by atoms with van der Waals surface area (Å²) in [5, 5.41) is 22.6. The van der Waals surface area contributed by atoms with Crippen molar-refractivity contribution in [3.63, 3.8) is 0 Å². The monoisotopic (exact) mass is 381 g/mol. The third-order valence-corrected chi connectivity index (χ3v) is 7.62. The van der Waals surface area contributed by atoms with Crippen LogP contribution in [0.3, 0.4) is 0 Å². The smallest absolute Gasteiger partial charge is 0.269 e. The molecular weight excluding hydrogens is 358 g/mol. The van der Waals surface area contributed by atoms with Gasteiger partial charge in [0.05, 0.1) is 23.8 Å². The molecule has 0 N–H and O–H groups in total. The molecule has 8 nitrogen and oxygen atoms in total. The highest BCUT2D eigenvalue weighted by molar-refractivity contribution is 5.55. The molecule has 5 aliphatic rings. The van der Waals surface area contributed by atoms with Crippen LogP contribution >= 0.6 is 0 Å². The highest BCUT2D eigenvalue weighted by Crippen LogP contribution is 2.66. The van der Waals surface area contributed by atoms with E-state index in [0.29, 0.717) is 23.7 Å². The molecule has 1 saturated heterocycles. The molecule has 6 atom stereocenters. The van der Waals surface area contributed by atoms with Gasteiger partial charge in [0.1, 0.15) is 11.7 Å². The summed E-state index contributed by atoms with van der Waals surface area (Å²) in [4.78, 5) is 13.3. The topological polar surface area (TPSA) is 83.6 Å². The number of hydrogen-bond acceptors (Lipinski definition) is 7. The third-order valence-electron chi connectivity index (χ3n) is 7.62. The highest BCUT2D eigenvalue weighted by Gasteiger charge is 2.72. The average molecular weight is 381 g/mol. The summed E-state index contributed by atoms with van der Waals surface area (Å²) >= 11 is 0. The maximum absolute atomic E-state index is 11.1. The highest BCUT2D eigenvalue weighted by atomic mass is 16.6. The van der Waals surface area contributed by atoms with Crippen LogP contribution in [-0.4, -0.2) is 47.8 Å². The van der Waals surface area contributed by atoms with E-state index in [4.69, 9.17) is 9.85 Å². The molecule has 1 aromatic rings. The molecule has 28 heavy (non-hydrogen) atoms. The van der Waals surface area contributed by atoms with Crippen LogP contribution in [0.1, 0.15) is 12.8 Å². The van der Waals surface area contributed by atoms with E-state index in [2.05, 4.69) is 27.3 Å². The number of nitrogens with zero attached hydrogens (tertiary/aromatic N) is 5. The molecule has 0 aromatic heterocycles. The Morgan fingerprint density at radius 2 is 1.96 bits per heavy atom. The van der Waals surface area contributed by atoms with E-state index in [1.54, 1.807) is 12.1 Å². The largest absolute Gasteiger partial charge is 0.379 e. The van der Waals surface area contributed by atoms with E-state index >= 15 is 0 Å². The van der Waals surface area contributed by atoms with Gasteiger partial charge in [-0.25, -0.2) is 5.01 Å². The van der Waals surface area contributed by atoms with Gasteiger partial charge in [0.15, 0.2) is 0 Å². The molecule has 146 valence electrons. The maximum Gasteiger partial charge on any atom is 0.269 e. The zero-order valence-corrected chi connectivity index (χ0v) is 15.6. The first-order valence-electron chi connectivity index (χ1n) is 10.2. The summed E-state index contributed by atoms with van der Waals surface area (Å²) in [7, 11) is 0. The van der Waals surface area contributed by atoms with Crippen molar-refractivity contribution < 1.29 is 9.66 Å². The van der Waals surface area contributed by atoms with Crippen molar-refractivity contribution in [2.75, 3.05) is 31.3 Å². The quantitative estimate of drug-likeness (QED) is 0.457. The number of rotatable bonds is 3. The van der Waals surface area contributed by atoms with Gasteiger partial charge in [-0.05, 0) is 42.7 Å². The molecule has 6 rings (SSSR count). The lowest BCUT2D eigenvalue weighted by atomic mass is 9.71. The fourth-order valence-corrected chi connectivity index (χ4v) is 6.65. The predicted molar refractivity (Wildman–Crippen MR) is 102 cm³/mol. The van der Waals surface area contributed by atoms with Gasteiger partial charge >= 0.3 is 0 Å². The number of morpholine rings is 1. The van der Waals surface area contributed by atoms with Crippen LogP contribution in [-0.2, 0) is 4.74 Å². The van der Waals surface area contributed by atoms with Gasteiger partial charge in [-0.2, -0.15) is 5.11 Å². The van der Waals surface area contributed by atoms with Crippen LogP contribution in [0, 0.1) is 33.8 Å². The van der Waals surface area contributed by atoms with Crippen LogP contribution in [0.25, 0.3) is 0 Å². The predicted octanol–water partition coefficient (Wildman–Crippen LogP) is 3.02. The Bertz CT molecular complexity index is 865. The first kappa shape index (κ1) is 16.6. The second-order valence-corrected chi connectivity index (χ2v) is 8.53. The first-order chi connectivity index (χ1) is 13.7. The number of hydrogen-bond donors (Lipinski definition) is 0. The van der Waals surface area contributed by atoms with Gasteiger partial charge < -0.3 is 4.74 Å². The van der Waals surface area contributed by atoms with Crippen LogP contribution in [0.4, 0.5) is 11.4 Å². The molecule has 1 aromatic carbocycles. The Balaban J connectivity index is 1.45. The molecule has 0 spiro atoms. The minimum atomic E-state index is -0.360. The number of benzene rings is 1. The Labute approximate surface area is 163 Å². The third kappa shape index (κ3) is 1.97. The van der Waals surface area contributed by atoms with Crippen LogP contribution < -0.4 is 5.01 Å². The minimum absolute atomic E-state index is 0.101. The maximum atomic E-state index is 11.1. The van der Waals surface area contributed by atoms with E-state index in [0.717, 1.165) is 38.4 Å². The fraction of sp³-hybridized carbons (Fsp3) is 0.600. The standard InChI is InChI=1S/C20H23N5O3/c26-25(27)14-6-4-13(5-7-14)24-20(23-8-10-28-11-9-23)18-12-17(19(20)21-22-24)15-2-1-3-16(15)18/h1,3-7,15-19H,2,8-12H2/t15-,16+,17+,18-,19-,20-/m0/s1. The SMILES string of the molecule is O=[N+]([O-])c1ccc(N2N=N[C@H]3[C@@H]4C[C@@H]([C@@H]5C=CC[C@@H]54)[C@@]32N2CCOCC2)cc1. The van der Waals surface area contributed by atoms with Crippen LogP contribution in [0.5, 0.6) is 0 Å². The number of ether oxygens (including phenoxy) is 1. The summed E-state index contributed by atoms with van der Waals surface area (Å²) < 4.78 is 5.64. The molecule has 8 heteroatoms. The molecule has 2 heterocycles. The van der Waals surface area contributed by atoms with Crippen molar-refractivity contribution in [2.24, 2.45) is 34.0 Å². The van der Waals surface area contributed by atoms with Crippen LogP contribution in [0.15, 0.2) is 46.8 Å². The van der Waals surface area contributed by atoms with Crippen LogP contribution in [0.2, 0.25) is 0 Å². The molecule has 3 fully saturated rings. The van der Waals surface area contributed by atoms with E-state index in [1.165, 1.54) is 6.42 Å². The van der Waals surface area contributed by atoms with Crippen molar-refractivity contribution in [1.29, 1.82) is 0 Å². The molecule has 3 aliphatic carbocycles. The summed E-state index contributed by atoms with van der Waals surface area (Å²) in [6, 6.07) is 6.92. The molecular formula is C20H23N5O3. The second-order valence-electron chi connectivity index (χ2n) is 8.53. The normalized spacial score (nSPS) is 40.9. The van der Waals surface area contributed by atoms with E-state index in [1.807, 2.05) is 12.1 Å². The first-order valence-corrected chi connectivity index (χ1v) is 10.2. The summed E-state index contributed by atoms with van der Waals surface area (Å²) in [6.45, 7) is 3.19. The van der Waals surface area contributed by atoms with E-state index < -0.39 is 0 Å². The number of non-ortho nitro benzene ring substituents is 1. The summed E-state index contributed by atoms with van der Waals surface area (Å²) in [6.07, 6.45) is 7.11. The lowest BCUT2D eigenvalue weighted by Crippen LogP contribution is -2.69. The Morgan fingerprint density at radius 1 is 1.18 bits per heavy atom. The van der Waals surface area contributed by atoms with Crippen molar-refractivity contribution >= 4 is 11.4 Å². The van der Waals surface area contributed by atoms with Gasteiger partial charge in [0.25, 0.3) is 5.69 Å². The molecule has 2 saturated carbocycles. The van der Waals surface area contributed by atoms with Gasteiger partial charge in [-0.3, -0.25) is 15.0 Å². The number of allylic oxidation sites excluding steroid dienone is 2. The zero-order valence-electron chi connectivity index (χ0n) is 15.6. The van der Waals surface area contributed by atoms with Crippen molar-refractivity contribution in [3.8, 4) is 0 Å². The summed E-state index contributed by atoms with van der Waals surface area (Å²) in [5.74, 6) is 2.29. The molecule has 2 aliphatic heterocycles. The molecule has 0 amide bonds. The lowest BCUT2D eigenvalue weighted by Gasteiger charge is -2.53. The number of nitro groups is 1. The Kier molecular flexibility index (Phi) is 3.47. The van der Waals surface area contributed by atoms with Gasteiger partial charge in [-0.15, -0.1) is 0 Å².